The Morgan fingerprint density at radius 3 is 2.63 bits per heavy atom. The molecule has 0 spiro atoms. The lowest BCUT2D eigenvalue weighted by molar-refractivity contribution is -0.113. The molecule has 1 aliphatic heterocycles. The lowest BCUT2D eigenvalue weighted by Crippen LogP contribution is -2.27. The molecule has 0 aromatic heterocycles. The van der Waals surface area contributed by atoms with Crippen molar-refractivity contribution in [3.63, 3.8) is 0 Å². The number of hydrogen-bond donors (Lipinski definition) is 1. The van der Waals surface area contributed by atoms with E-state index in [1.165, 1.54) is 24.1 Å². The summed E-state index contributed by atoms with van der Waals surface area (Å²) >= 11 is 16.0. The first-order valence-corrected chi connectivity index (χ1v) is 12.5. The minimum atomic E-state index is -1.08. The number of carboxylic acids is 1. The zero-order valence-corrected chi connectivity index (χ0v) is 22.1. The molecular formula is C25H17BrClNO5S2. The highest BCUT2D eigenvalue weighted by atomic mass is 79.9. The van der Waals surface area contributed by atoms with Crippen molar-refractivity contribution in [2.75, 3.05) is 12.0 Å². The predicted molar refractivity (Wildman–Crippen MR) is 146 cm³/mol. The Kier molecular flexibility index (Phi) is 7.81. The van der Waals surface area contributed by atoms with Crippen LogP contribution in [-0.4, -0.2) is 28.4 Å². The van der Waals surface area contributed by atoms with Crippen LogP contribution in [0.15, 0.2) is 70.0 Å². The number of thioether (sulfide) groups is 1. The topological polar surface area (TPSA) is 76.1 Å². The van der Waals surface area contributed by atoms with Gasteiger partial charge >= 0.3 is 5.97 Å². The molecule has 1 amide bonds. The average Bonchev–Trinajstić information content (AvgIpc) is 3.11. The Morgan fingerprint density at radius 1 is 1.20 bits per heavy atom. The third kappa shape index (κ3) is 5.70. The van der Waals surface area contributed by atoms with Gasteiger partial charge in [-0.25, -0.2) is 4.79 Å². The van der Waals surface area contributed by atoms with Crippen molar-refractivity contribution in [1.29, 1.82) is 0 Å². The maximum atomic E-state index is 13.1. The number of halogens is 2. The van der Waals surface area contributed by atoms with E-state index in [0.29, 0.717) is 48.1 Å². The van der Waals surface area contributed by atoms with Crippen LogP contribution in [0.2, 0.25) is 5.02 Å². The van der Waals surface area contributed by atoms with Gasteiger partial charge < -0.3 is 14.6 Å². The molecule has 0 aliphatic carbocycles. The van der Waals surface area contributed by atoms with Crippen molar-refractivity contribution in [3.05, 3.63) is 91.8 Å². The SMILES string of the molecule is COc1cc(/C=C2/SC(=S)N(c3cccc(C(=O)O)c3)C2=O)cc(Br)c1OCc1ccc(Cl)cc1. The largest absolute Gasteiger partial charge is 0.493 e. The zero-order valence-electron chi connectivity index (χ0n) is 18.2. The quantitative estimate of drug-likeness (QED) is 0.240. The number of carbonyl (C=O) groups excluding carboxylic acids is 1. The number of ether oxygens (including phenoxy) is 2. The highest BCUT2D eigenvalue weighted by molar-refractivity contribution is 9.10. The Labute approximate surface area is 224 Å². The number of rotatable bonds is 7. The van der Waals surface area contributed by atoms with Gasteiger partial charge in [0.25, 0.3) is 5.91 Å². The van der Waals surface area contributed by atoms with Crippen LogP contribution in [0.3, 0.4) is 0 Å². The van der Waals surface area contributed by atoms with E-state index in [9.17, 15) is 14.7 Å². The van der Waals surface area contributed by atoms with Crippen LogP contribution in [0.5, 0.6) is 11.5 Å². The molecule has 1 fully saturated rings. The van der Waals surface area contributed by atoms with Gasteiger partial charge in [0.05, 0.1) is 27.7 Å². The van der Waals surface area contributed by atoms with E-state index < -0.39 is 5.97 Å². The van der Waals surface area contributed by atoms with Crippen LogP contribution in [0.4, 0.5) is 5.69 Å². The normalized spacial score (nSPS) is 14.5. The molecule has 0 atom stereocenters. The molecular weight excluding hydrogens is 574 g/mol. The summed E-state index contributed by atoms with van der Waals surface area (Å²) in [5.74, 6) is -0.397. The molecule has 35 heavy (non-hydrogen) atoms. The lowest BCUT2D eigenvalue weighted by Gasteiger charge is -2.15. The Balaban J connectivity index is 1.58. The fourth-order valence-corrected chi connectivity index (χ4v) is 5.32. The number of methoxy groups -OCH3 is 1. The van der Waals surface area contributed by atoms with Crippen molar-refractivity contribution >= 4 is 79.5 Å². The number of carbonyl (C=O) groups is 2. The van der Waals surface area contributed by atoms with E-state index in [2.05, 4.69) is 15.9 Å². The molecule has 3 aromatic carbocycles. The number of aromatic carboxylic acids is 1. The molecule has 0 saturated carbocycles. The van der Waals surface area contributed by atoms with Gasteiger partial charge in [0, 0.05) is 5.02 Å². The molecule has 6 nitrogen and oxygen atoms in total. The Morgan fingerprint density at radius 2 is 1.94 bits per heavy atom. The van der Waals surface area contributed by atoms with E-state index in [-0.39, 0.29) is 11.5 Å². The van der Waals surface area contributed by atoms with Gasteiger partial charge in [0.1, 0.15) is 6.61 Å². The molecule has 178 valence electrons. The number of nitrogens with zero attached hydrogens (tertiary/aromatic N) is 1. The molecule has 1 heterocycles. The lowest BCUT2D eigenvalue weighted by atomic mass is 10.1. The van der Waals surface area contributed by atoms with Crippen LogP contribution in [0, 0.1) is 0 Å². The van der Waals surface area contributed by atoms with E-state index >= 15 is 0 Å². The van der Waals surface area contributed by atoms with Gasteiger partial charge in [-0.05, 0) is 75.6 Å². The summed E-state index contributed by atoms with van der Waals surface area (Å²) in [6, 6.07) is 17.0. The van der Waals surface area contributed by atoms with Gasteiger partial charge in [-0.3, -0.25) is 9.69 Å². The highest BCUT2D eigenvalue weighted by Gasteiger charge is 2.33. The minimum Gasteiger partial charge on any atom is -0.493 e. The zero-order chi connectivity index (χ0) is 25.1. The maximum Gasteiger partial charge on any atom is 0.335 e. The number of hydrogen-bond acceptors (Lipinski definition) is 6. The van der Waals surface area contributed by atoms with E-state index in [0.717, 1.165) is 17.3 Å². The molecule has 4 rings (SSSR count). The Bertz CT molecular complexity index is 1360. The third-order valence-electron chi connectivity index (χ3n) is 4.99. The summed E-state index contributed by atoms with van der Waals surface area (Å²) in [6.07, 6.45) is 1.70. The number of anilines is 1. The first-order valence-electron chi connectivity index (χ1n) is 10.1. The molecule has 1 N–H and O–H groups in total. The number of carboxylic acid groups (broad SMARTS) is 1. The van der Waals surface area contributed by atoms with E-state index in [1.807, 2.05) is 18.2 Å². The van der Waals surface area contributed by atoms with Gasteiger partial charge in [0.2, 0.25) is 0 Å². The second kappa shape index (κ2) is 10.8. The molecule has 1 saturated heterocycles. The van der Waals surface area contributed by atoms with Gasteiger partial charge in [-0.2, -0.15) is 0 Å². The smallest absolute Gasteiger partial charge is 0.335 e. The van der Waals surface area contributed by atoms with Crippen LogP contribution in [0.1, 0.15) is 21.5 Å². The second-order valence-electron chi connectivity index (χ2n) is 7.32. The predicted octanol–water partition coefficient (Wildman–Crippen LogP) is 6.79. The van der Waals surface area contributed by atoms with E-state index in [1.54, 1.807) is 36.4 Å². The number of benzene rings is 3. The summed E-state index contributed by atoms with van der Waals surface area (Å²) in [5, 5.41) is 9.91. The molecule has 3 aromatic rings. The van der Waals surface area contributed by atoms with Crippen LogP contribution in [-0.2, 0) is 11.4 Å². The molecule has 0 bridgehead atoms. The average molecular weight is 591 g/mol. The molecule has 0 unspecified atom stereocenters. The first kappa shape index (κ1) is 25.2. The Hall–Kier alpha value is -2.85. The van der Waals surface area contributed by atoms with Crippen molar-refractivity contribution in [1.82, 2.24) is 0 Å². The third-order valence-corrected chi connectivity index (χ3v) is 7.13. The summed E-state index contributed by atoms with van der Waals surface area (Å²) in [5.41, 5.74) is 2.12. The van der Waals surface area contributed by atoms with Crippen molar-refractivity contribution < 1.29 is 24.2 Å². The molecule has 10 heteroatoms. The summed E-state index contributed by atoms with van der Waals surface area (Å²) in [4.78, 5) is 26.2. The fraction of sp³-hybridized carbons (Fsp3) is 0.0800. The monoisotopic (exact) mass is 589 g/mol. The van der Waals surface area contributed by atoms with Crippen molar-refractivity contribution in [2.45, 2.75) is 6.61 Å². The van der Waals surface area contributed by atoms with E-state index in [4.69, 9.17) is 33.3 Å². The number of thiocarbonyl (C=S) groups is 1. The van der Waals surface area contributed by atoms with Crippen molar-refractivity contribution in [3.8, 4) is 11.5 Å². The van der Waals surface area contributed by atoms with Crippen LogP contribution in [0.25, 0.3) is 6.08 Å². The fourth-order valence-electron chi connectivity index (χ4n) is 3.32. The van der Waals surface area contributed by atoms with Gasteiger partial charge in [0.15, 0.2) is 15.8 Å². The van der Waals surface area contributed by atoms with Gasteiger partial charge in [-0.1, -0.05) is 53.8 Å². The maximum absolute atomic E-state index is 13.1. The molecule has 0 radical (unpaired) electrons. The number of amides is 1. The second-order valence-corrected chi connectivity index (χ2v) is 10.3. The van der Waals surface area contributed by atoms with Crippen LogP contribution >= 0.6 is 51.5 Å². The van der Waals surface area contributed by atoms with Crippen LogP contribution < -0.4 is 14.4 Å². The summed E-state index contributed by atoms with van der Waals surface area (Å²) in [6.45, 7) is 0.319. The van der Waals surface area contributed by atoms with Crippen molar-refractivity contribution in [2.24, 2.45) is 0 Å². The summed E-state index contributed by atoms with van der Waals surface area (Å²) in [7, 11) is 1.54. The summed E-state index contributed by atoms with van der Waals surface area (Å²) < 4.78 is 12.5. The molecule has 1 aliphatic rings. The highest BCUT2D eigenvalue weighted by Crippen LogP contribution is 2.40. The van der Waals surface area contributed by atoms with Gasteiger partial charge in [-0.15, -0.1) is 0 Å². The minimum absolute atomic E-state index is 0.0726. The first-order chi connectivity index (χ1) is 16.8. The standard InChI is InChI=1S/C25H17BrClNO5S2/c1-32-20-10-15(9-19(26)22(20)33-13-14-5-7-17(27)8-6-14)11-21-23(29)28(25(34)35-21)18-4-2-3-16(12-18)24(30)31/h2-12H,13H2,1H3,(H,30,31)/b21-11+.